The van der Waals surface area contributed by atoms with Gasteiger partial charge in [0.1, 0.15) is 0 Å². The Kier molecular flexibility index (Phi) is 5.79. The van der Waals surface area contributed by atoms with Gasteiger partial charge in [0.15, 0.2) is 5.82 Å². The molecule has 0 fully saturated rings. The van der Waals surface area contributed by atoms with E-state index in [0.717, 1.165) is 10.6 Å². The predicted octanol–water partition coefficient (Wildman–Crippen LogP) is 3.19. The molecule has 2 unspecified atom stereocenters. The first-order valence-corrected chi connectivity index (χ1v) is 6.26. The van der Waals surface area contributed by atoms with E-state index < -0.39 is 0 Å². The highest BCUT2D eigenvalue weighted by molar-refractivity contribution is 6.30. The lowest BCUT2D eigenvalue weighted by Crippen LogP contribution is -2.22. The number of halogens is 2. The van der Waals surface area contributed by atoms with Crippen molar-refractivity contribution in [1.82, 2.24) is 10.1 Å². The molecule has 0 bridgehead atoms. The van der Waals surface area contributed by atoms with E-state index in [1.165, 1.54) is 0 Å². The van der Waals surface area contributed by atoms with Gasteiger partial charge in [0.2, 0.25) is 5.89 Å². The SMILES string of the molecule is CC(N)C(C)c1nc(Cc2ccc(Cl)cc2)no1.Cl. The van der Waals surface area contributed by atoms with Crippen LogP contribution in [0.2, 0.25) is 5.02 Å². The molecule has 2 rings (SSSR count). The molecule has 1 heterocycles. The Bertz CT molecular complexity index is 511. The minimum atomic E-state index is -0.00571. The molecule has 104 valence electrons. The van der Waals surface area contributed by atoms with Gasteiger partial charge >= 0.3 is 0 Å². The maximum atomic E-state index is 5.83. The van der Waals surface area contributed by atoms with Crippen molar-refractivity contribution in [2.45, 2.75) is 32.2 Å². The Morgan fingerprint density at radius 3 is 2.47 bits per heavy atom. The summed E-state index contributed by atoms with van der Waals surface area (Å²) >= 11 is 5.83. The lowest BCUT2D eigenvalue weighted by atomic mass is 10.1. The van der Waals surface area contributed by atoms with E-state index in [0.29, 0.717) is 18.1 Å². The maximum Gasteiger partial charge on any atom is 0.231 e. The molecule has 0 aliphatic rings. The van der Waals surface area contributed by atoms with Crippen LogP contribution in [0.1, 0.15) is 37.0 Å². The van der Waals surface area contributed by atoms with E-state index in [2.05, 4.69) is 10.1 Å². The molecule has 0 saturated carbocycles. The number of rotatable bonds is 4. The van der Waals surface area contributed by atoms with Gasteiger partial charge in [-0.2, -0.15) is 4.98 Å². The molecular weight excluding hydrogens is 285 g/mol. The zero-order chi connectivity index (χ0) is 13.1. The number of hydrogen-bond donors (Lipinski definition) is 1. The summed E-state index contributed by atoms with van der Waals surface area (Å²) in [5.74, 6) is 1.32. The Morgan fingerprint density at radius 2 is 1.89 bits per heavy atom. The molecule has 1 aromatic carbocycles. The van der Waals surface area contributed by atoms with Crippen LogP contribution in [0.25, 0.3) is 0 Å². The fraction of sp³-hybridized carbons (Fsp3) is 0.385. The summed E-state index contributed by atoms with van der Waals surface area (Å²) in [6.45, 7) is 3.90. The van der Waals surface area contributed by atoms with Crippen molar-refractivity contribution in [3.8, 4) is 0 Å². The molecule has 2 N–H and O–H groups in total. The fourth-order valence-electron chi connectivity index (χ4n) is 1.53. The quantitative estimate of drug-likeness (QED) is 0.942. The van der Waals surface area contributed by atoms with Crippen LogP contribution in [0.3, 0.4) is 0 Å². The molecule has 0 amide bonds. The lowest BCUT2D eigenvalue weighted by molar-refractivity contribution is 0.343. The molecular formula is C13H17Cl2N3O. The standard InChI is InChI=1S/C13H16ClN3O.ClH/c1-8(9(2)15)13-16-12(17-18-13)7-10-3-5-11(14)6-4-10;/h3-6,8-9H,7,15H2,1-2H3;1H. The van der Waals surface area contributed by atoms with Crippen molar-refractivity contribution >= 4 is 24.0 Å². The summed E-state index contributed by atoms with van der Waals surface area (Å²) in [7, 11) is 0. The van der Waals surface area contributed by atoms with E-state index >= 15 is 0 Å². The molecule has 1 aromatic heterocycles. The van der Waals surface area contributed by atoms with Crippen LogP contribution in [0, 0.1) is 0 Å². The normalized spacial score (nSPS) is 13.7. The van der Waals surface area contributed by atoms with Gasteiger partial charge < -0.3 is 10.3 Å². The van der Waals surface area contributed by atoms with Crippen molar-refractivity contribution < 1.29 is 4.52 Å². The van der Waals surface area contributed by atoms with Gasteiger partial charge in [-0.3, -0.25) is 0 Å². The van der Waals surface area contributed by atoms with Gasteiger partial charge in [-0.1, -0.05) is 35.8 Å². The summed E-state index contributed by atoms with van der Waals surface area (Å²) in [5, 5.41) is 4.68. The number of nitrogens with zero attached hydrogens (tertiary/aromatic N) is 2. The Hall–Kier alpha value is -1.10. The van der Waals surface area contributed by atoms with Gasteiger partial charge in [0, 0.05) is 17.5 Å². The van der Waals surface area contributed by atoms with Crippen LogP contribution < -0.4 is 5.73 Å². The molecule has 2 aromatic rings. The first kappa shape index (κ1) is 16.0. The Balaban J connectivity index is 0.00000180. The highest BCUT2D eigenvalue weighted by Crippen LogP contribution is 2.17. The van der Waals surface area contributed by atoms with Gasteiger partial charge in [0.25, 0.3) is 0 Å². The first-order chi connectivity index (χ1) is 8.56. The van der Waals surface area contributed by atoms with Crippen LogP contribution in [0.4, 0.5) is 0 Å². The van der Waals surface area contributed by atoms with Gasteiger partial charge in [-0.15, -0.1) is 12.4 Å². The molecule has 2 atom stereocenters. The highest BCUT2D eigenvalue weighted by Gasteiger charge is 2.17. The minimum Gasteiger partial charge on any atom is -0.339 e. The molecule has 0 saturated heterocycles. The average molecular weight is 302 g/mol. The average Bonchev–Trinajstić information content (AvgIpc) is 2.79. The largest absolute Gasteiger partial charge is 0.339 e. The lowest BCUT2D eigenvalue weighted by Gasteiger charge is -2.09. The zero-order valence-corrected chi connectivity index (χ0v) is 12.4. The van der Waals surface area contributed by atoms with Crippen molar-refractivity contribution in [3.63, 3.8) is 0 Å². The monoisotopic (exact) mass is 301 g/mol. The van der Waals surface area contributed by atoms with Crippen molar-refractivity contribution in [3.05, 3.63) is 46.6 Å². The second-order valence-electron chi connectivity index (χ2n) is 4.50. The van der Waals surface area contributed by atoms with Gasteiger partial charge in [0.05, 0.1) is 5.92 Å². The second-order valence-corrected chi connectivity index (χ2v) is 4.94. The predicted molar refractivity (Wildman–Crippen MR) is 77.9 cm³/mol. The summed E-state index contributed by atoms with van der Waals surface area (Å²) in [4.78, 5) is 4.36. The summed E-state index contributed by atoms with van der Waals surface area (Å²) in [6, 6.07) is 7.60. The molecule has 0 aliphatic carbocycles. The Morgan fingerprint density at radius 1 is 1.26 bits per heavy atom. The molecule has 0 spiro atoms. The topological polar surface area (TPSA) is 64.9 Å². The molecule has 0 radical (unpaired) electrons. The number of aromatic nitrogens is 2. The van der Waals surface area contributed by atoms with E-state index in [4.69, 9.17) is 21.9 Å². The second kappa shape index (κ2) is 6.89. The van der Waals surface area contributed by atoms with Crippen LogP contribution >= 0.6 is 24.0 Å². The number of nitrogens with two attached hydrogens (primary N) is 1. The van der Waals surface area contributed by atoms with Gasteiger partial charge in [-0.05, 0) is 24.6 Å². The first-order valence-electron chi connectivity index (χ1n) is 5.89. The van der Waals surface area contributed by atoms with Gasteiger partial charge in [-0.25, -0.2) is 0 Å². The summed E-state index contributed by atoms with van der Waals surface area (Å²) in [5.41, 5.74) is 6.90. The van der Waals surface area contributed by atoms with E-state index in [9.17, 15) is 0 Å². The minimum absolute atomic E-state index is 0. The third-order valence-corrected chi connectivity index (χ3v) is 3.19. The summed E-state index contributed by atoms with van der Waals surface area (Å²) < 4.78 is 5.22. The maximum absolute atomic E-state index is 5.83. The Labute approximate surface area is 123 Å². The molecule has 6 heteroatoms. The van der Waals surface area contributed by atoms with E-state index in [1.807, 2.05) is 38.1 Å². The van der Waals surface area contributed by atoms with Crippen molar-refractivity contribution in [2.24, 2.45) is 5.73 Å². The smallest absolute Gasteiger partial charge is 0.231 e. The van der Waals surface area contributed by atoms with Crippen molar-refractivity contribution in [1.29, 1.82) is 0 Å². The van der Waals surface area contributed by atoms with E-state index in [1.54, 1.807) is 0 Å². The van der Waals surface area contributed by atoms with Crippen LogP contribution in [0.15, 0.2) is 28.8 Å². The van der Waals surface area contributed by atoms with Crippen LogP contribution in [-0.2, 0) is 6.42 Å². The van der Waals surface area contributed by atoms with Crippen LogP contribution in [-0.4, -0.2) is 16.2 Å². The molecule has 0 aliphatic heterocycles. The zero-order valence-electron chi connectivity index (χ0n) is 10.8. The van der Waals surface area contributed by atoms with Crippen molar-refractivity contribution in [2.75, 3.05) is 0 Å². The van der Waals surface area contributed by atoms with E-state index in [-0.39, 0.29) is 24.4 Å². The highest BCUT2D eigenvalue weighted by atomic mass is 35.5. The molecule has 19 heavy (non-hydrogen) atoms. The third kappa shape index (κ3) is 4.20. The molecule has 4 nitrogen and oxygen atoms in total. The summed E-state index contributed by atoms with van der Waals surface area (Å²) in [6.07, 6.45) is 0.631. The third-order valence-electron chi connectivity index (χ3n) is 2.94. The number of benzene rings is 1. The van der Waals surface area contributed by atoms with Crippen LogP contribution in [0.5, 0.6) is 0 Å². The number of hydrogen-bond acceptors (Lipinski definition) is 4. The fourth-order valence-corrected chi connectivity index (χ4v) is 1.66.